The molecule has 5 rings (SSSR count). The fraction of sp³-hybridized carbons (Fsp3) is 0.308. The molecule has 1 N–H and O–H groups in total. The number of hydrogen-bond acceptors (Lipinski definition) is 5. The molecule has 2 heterocycles. The zero-order chi connectivity index (χ0) is 23.5. The monoisotopic (exact) mass is 537 g/mol. The third-order valence-electron chi connectivity index (χ3n) is 6.10. The number of nitrogens with one attached hydrogen (secondary N) is 1. The number of nitrogens with zero attached hydrogens (tertiary/aromatic N) is 5. The van der Waals surface area contributed by atoms with E-state index in [0.29, 0.717) is 6.54 Å². The molecule has 1 aliphatic heterocycles. The van der Waals surface area contributed by atoms with Crippen LogP contribution >= 0.6 is 12.6 Å². The Kier molecular flexibility index (Phi) is 6.99. The maximum absolute atomic E-state index is 5.12. The Morgan fingerprint density at radius 2 is 1.88 bits per heavy atom. The van der Waals surface area contributed by atoms with Crippen molar-refractivity contribution in [2.75, 3.05) is 24.2 Å². The molecule has 3 aromatic rings. The van der Waals surface area contributed by atoms with E-state index in [4.69, 9.17) is 4.98 Å². The Labute approximate surface area is 210 Å². The molecule has 1 aliphatic carbocycles. The molecule has 6 nitrogen and oxygen atoms in total. The van der Waals surface area contributed by atoms with Crippen molar-refractivity contribution in [2.45, 2.75) is 33.4 Å². The van der Waals surface area contributed by atoms with Gasteiger partial charge in [0, 0.05) is 0 Å². The molecule has 0 fully saturated rings. The van der Waals surface area contributed by atoms with Crippen molar-refractivity contribution in [3.8, 4) is 10.1 Å². The molecule has 0 spiro atoms. The van der Waals surface area contributed by atoms with Gasteiger partial charge in [0.15, 0.2) is 0 Å². The standard InChI is InChI=1S/C26H28N6SSe/c1-3-31(4-2)19-10-11-22-24(14-19)34-25-15-23(20-8-5-6-9-21(20)26(25)28-22)27-16-18-17-32(30-29-18)12-7-13-33/h5-6,8-11,14-15,17,33H,3-4,7,12-13,16H2,1-2H3/p+1. The second-order valence-electron chi connectivity index (χ2n) is 8.26. The summed E-state index contributed by atoms with van der Waals surface area (Å²) < 4.78 is 6.95. The van der Waals surface area contributed by atoms with Gasteiger partial charge in [0.2, 0.25) is 0 Å². The molecule has 1 aromatic heterocycles. The van der Waals surface area contributed by atoms with Crippen LogP contribution in [0.1, 0.15) is 26.0 Å². The van der Waals surface area contributed by atoms with Crippen LogP contribution in [0.15, 0.2) is 54.7 Å². The van der Waals surface area contributed by atoms with Crippen LogP contribution in [0.25, 0.3) is 30.7 Å². The Bertz CT molecular complexity index is 1480. The normalized spacial score (nSPS) is 11.5. The summed E-state index contributed by atoms with van der Waals surface area (Å²) in [6, 6.07) is 17.6. The third kappa shape index (κ3) is 4.63. The molecule has 0 unspecified atom stereocenters. The molecule has 0 amide bonds. The summed E-state index contributed by atoms with van der Waals surface area (Å²) in [7, 11) is 0. The molecule has 0 bridgehead atoms. The van der Waals surface area contributed by atoms with E-state index in [-0.39, 0.29) is 14.5 Å². The van der Waals surface area contributed by atoms with Gasteiger partial charge in [-0.25, -0.2) is 0 Å². The number of thiol groups is 1. The van der Waals surface area contributed by atoms with E-state index < -0.39 is 0 Å². The van der Waals surface area contributed by atoms with E-state index in [1.165, 1.54) is 24.8 Å². The average Bonchev–Trinajstić information content (AvgIpc) is 3.33. The van der Waals surface area contributed by atoms with Gasteiger partial charge in [0.05, 0.1) is 0 Å². The Morgan fingerprint density at radius 1 is 1.06 bits per heavy atom. The first-order valence-electron chi connectivity index (χ1n) is 11.8. The van der Waals surface area contributed by atoms with Gasteiger partial charge in [0.1, 0.15) is 0 Å². The van der Waals surface area contributed by atoms with Crippen LogP contribution in [0.2, 0.25) is 0 Å². The molecular formula is C26H29N6SSe+. The number of aromatic nitrogens is 4. The van der Waals surface area contributed by atoms with Gasteiger partial charge in [0.25, 0.3) is 0 Å². The van der Waals surface area contributed by atoms with E-state index in [9.17, 15) is 0 Å². The topological polar surface area (TPSA) is 58.6 Å². The average molecular weight is 537 g/mol. The van der Waals surface area contributed by atoms with Gasteiger partial charge in [-0.05, 0) is 0 Å². The molecule has 174 valence electrons. The molecule has 0 saturated heterocycles. The maximum atomic E-state index is 5.12. The van der Waals surface area contributed by atoms with E-state index >= 15 is 0 Å². The summed E-state index contributed by atoms with van der Waals surface area (Å²) in [5.41, 5.74) is 4.28. The van der Waals surface area contributed by atoms with Crippen LogP contribution < -0.4 is 15.2 Å². The molecule has 34 heavy (non-hydrogen) atoms. The third-order valence-corrected chi connectivity index (χ3v) is 8.67. The van der Waals surface area contributed by atoms with E-state index in [1.807, 2.05) is 10.9 Å². The van der Waals surface area contributed by atoms with Gasteiger partial charge in [-0.3, -0.25) is 0 Å². The number of aryl methyl sites for hydroxylation is 1. The van der Waals surface area contributed by atoms with Crippen molar-refractivity contribution in [3.05, 3.63) is 65.8 Å². The fourth-order valence-corrected chi connectivity index (χ4v) is 6.70. The minimum atomic E-state index is 0.187. The first kappa shape index (κ1) is 23.1. The van der Waals surface area contributed by atoms with Gasteiger partial charge < -0.3 is 0 Å². The number of hydrogen-bond donors (Lipinski definition) is 2. The van der Waals surface area contributed by atoms with Crippen molar-refractivity contribution >= 4 is 53.4 Å². The van der Waals surface area contributed by atoms with E-state index in [1.54, 1.807) is 0 Å². The molecular weight excluding hydrogens is 507 g/mol. The zero-order valence-corrected chi connectivity index (χ0v) is 22.1. The summed E-state index contributed by atoms with van der Waals surface area (Å²) in [5.74, 6) is 0.848. The van der Waals surface area contributed by atoms with Crippen LogP contribution in [-0.4, -0.2) is 53.3 Å². The zero-order valence-electron chi connectivity index (χ0n) is 19.5. The number of anilines is 1. The second-order valence-corrected chi connectivity index (χ2v) is 11.0. The Balaban J connectivity index is 1.57. The summed E-state index contributed by atoms with van der Waals surface area (Å²) >= 11 is 4.47. The van der Waals surface area contributed by atoms with Crippen LogP contribution in [0.5, 0.6) is 0 Å². The van der Waals surface area contributed by atoms with Crippen molar-refractivity contribution < 1.29 is 0 Å². The predicted octanol–water partition coefficient (Wildman–Crippen LogP) is 3.89. The van der Waals surface area contributed by atoms with Crippen LogP contribution in [0.3, 0.4) is 0 Å². The first-order chi connectivity index (χ1) is 16.7. The van der Waals surface area contributed by atoms with E-state index in [0.717, 1.165) is 54.4 Å². The van der Waals surface area contributed by atoms with Crippen molar-refractivity contribution in [1.29, 1.82) is 0 Å². The quantitative estimate of drug-likeness (QED) is 0.104. The molecule has 8 heteroatoms. The SMILES string of the molecule is CC[N+](CC)=c1ccc2nc3c(cc(NCc4cn(CCCS)nn4)c4ccccc43)[se]c-2c1. The van der Waals surface area contributed by atoms with Crippen LogP contribution in [0, 0.1) is 0 Å². The Morgan fingerprint density at radius 3 is 2.68 bits per heavy atom. The molecule has 0 radical (unpaired) electrons. The molecule has 2 aliphatic rings. The minimum absolute atomic E-state index is 0.187. The fourth-order valence-electron chi connectivity index (χ4n) is 4.32. The second kappa shape index (κ2) is 10.3. The Hall–Kier alpha value is -2.67. The molecule has 0 saturated carbocycles. The molecule has 0 atom stereocenters. The predicted molar refractivity (Wildman–Crippen MR) is 145 cm³/mol. The van der Waals surface area contributed by atoms with Crippen molar-refractivity contribution in [2.24, 2.45) is 0 Å². The van der Waals surface area contributed by atoms with Gasteiger partial charge in [-0.15, -0.1) is 0 Å². The summed E-state index contributed by atoms with van der Waals surface area (Å²) in [6.07, 6.45) is 3.00. The first-order valence-corrected chi connectivity index (χ1v) is 14.1. The number of benzene rings is 3. The van der Waals surface area contributed by atoms with Crippen LogP contribution in [0.4, 0.5) is 5.69 Å². The van der Waals surface area contributed by atoms with Crippen LogP contribution in [-0.2, 0) is 13.1 Å². The summed E-state index contributed by atoms with van der Waals surface area (Å²) in [5, 5.41) is 15.9. The molecule has 2 aromatic carbocycles. The van der Waals surface area contributed by atoms with Crippen molar-refractivity contribution in [3.63, 3.8) is 0 Å². The number of rotatable bonds is 8. The van der Waals surface area contributed by atoms with Crippen molar-refractivity contribution in [1.82, 2.24) is 24.6 Å². The van der Waals surface area contributed by atoms with Gasteiger partial charge >= 0.3 is 211 Å². The van der Waals surface area contributed by atoms with Gasteiger partial charge in [-0.2, -0.15) is 0 Å². The van der Waals surface area contributed by atoms with Gasteiger partial charge in [-0.1, -0.05) is 0 Å². The van der Waals surface area contributed by atoms with E-state index in [2.05, 4.69) is 95.2 Å². The number of fused-ring (bicyclic) bond motifs is 4. The summed E-state index contributed by atoms with van der Waals surface area (Å²) in [4.78, 5) is 5.12. The summed E-state index contributed by atoms with van der Waals surface area (Å²) in [6.45, 7) is 7.91.